The van der Waals surface area contributed by atoms with Crippen molar-refractivity contribution >= 4 is 11.6 Å². The first-order valence-electron chi connectivity index (χ1n) is 8.94. The molecule has 26 heavy (non-hydrogen) atoms. The number of methoxy groups -OCH3 is 1. The summed E-state index contributed by atoms with van der Waals surface area (Å²) >= 11 is 0. The molecule has 4 nitrogen and oxygen atoms in total. The minimum Gasteiger partial charge on any atom is -0.493 e. The van der Waals surface area contributed by atoms with E-state index in [9.17, 15) is 4.79 Å². The second kappa shape index (κ2) is 9.66. The molecule has 0 bridgehead atoms. The number of allylic oxidation sites excluding steroid dienone is 1. The molecule has 2 aromatic rings. The number of rotatable bonds is 9. The molecule has 138 valence electrons. The molecule has 1 amide bonds. The van der Waals surface area contributed by atoms with Crippen molar-refractivity contribution < 1.29 is 14.3 Å². The Kier molecular flexibility index (Phi) is 7.27. The van der Waals surface area contributed by atoms with Crippen LogP contribution < -0.4 is 14.8 Å². The zero-order chi connectivity index (χ0) is 18.9. The molecule has 0 radical (unpaired) electrons. The van der Waals surface area contributed by atoms with Gasteiger partial charge in [-0.05, 0) is 48.1 Å². The van der Waals surface area contributed by atoms with Crippen LogP contribution in [-0.4, -0.2) is 19.6 Å². The second-order valence-electron chi connectivity index (χ2n) is 5.97. The van der Waals surface area contributed by atoms with Gasteiger partial charge in [0.25, 0.3) is 5.91 Å². The fourth-order valence-electron chi connectivity index (χ4n) is 2.85. The van der Waals surface area contributed by atoms with Gasteiger partial charge in [0, 0.05) is 5.69 Å². The minimum atomic E-state index is -0.183. The highest BCUT2D eigenvalue weighted by Gasteiger charge is 2.12. The monoisotopic (exact) mass is 353 g/mol. The lowest BCUT2D eigenvalue weighted by molar-refractivity contribution is -0.118. The van der Waals surface area contributed by atoms with Crippen LogP contribution in [0, 0.1) is 0 Å². The molecule has 0 aliphatic rings. The van der Waals surface area contributed by atoms with Gasteiger partial charge in [0.2, 0.25) is 0 Å². The molecule has 0 heterocycles. The van der Waals surface area contributed by atoms with E-state index >= 15 is 0 Å². The van der Waals surface area contributed by atoms with Gasteiger partial charge in [-0.25, -0.2) is 0 Å². The molecule has 0 fully saturated rings. The van der Waals surface area contributed by atoms with Crippen molar-refractivity contribution in [3.05, 3.63) is 65.7 Å². The fraction of sp³-hybridized carbons (Fsp3) is 0.318. The molecule has 0 saturated heterocycles. The Labute approximate surface area is 155 Å². The van der Waals surface area contributed by atoms with E-state index in [4.69, 9.17) is 9.47 Å². The number of benzene rings is 2. The molecule has 0 spiro atoms. The van der Waals surface area contributed by atoms with E-state index in [0.717, 1.165) is 41.6 Å². The van der Waals surface area contributed by atoms with Gasteiger partial charge < -0.3 is 14.8 Å². The van der Waals surface area contributed by atoms with Crippen molar-refractivity contribution in [2.24, 2.45) is 0 Å². The van der Waals surface area contributed by atoms with Gasteiger partial charge in [-0.15, -0.1) is 6.58 Å². The van der Waals surface area contributed by atoms with Crippen molar-refractivity contribution in [1.29, 1.82) is 0 Å². The summed E-state index contributed by atoms with van der Waals surface area (Å²) in [6.07, 6.45) is 4.32. The van der Waals surface area contributed by atoms with Crippen LogP contribution in [-0.2, 0) is 24.1 Å². The molecule has 0 aliphatic carbocycles. The van der Waals surface area contributed by atoms with Crippen LogP contribution in [0.2, 0.25) is 0 Å². The van der Waals surface area contributed by atoms with E-state index in [1.807, 2.05) is 42.5 Å². The predicted molar refractivity (Wildman–Crippen MR) is 106 cm³/mol. The third kappa shape index (κ3) is 4.88. The quantitative estimate of drug-likeness (QED) is 0.672. The molecular weight excluding hydrogens is 326 g/mol. The van der Waals surface area contributed by atoms with Crippen molar-refractivity contribution in [3.8, 4) is 11.5 Å². The summed E-state index contributed by atoms with van der Waals surface area (Å²) in [6.45, 7) is 7.83. The maximum Gasteiger partial charge on any atom is 0.262 e. The van der Waals surface area contributed by atoms with E-state index in [1.54, 1.807) is 7.11 Å². The topological polar surface area (TPSA) is 47.6 Å². The maximum absolute atomic E-state index is 12.4. The van der Waals surface area contributed by atoms with Gasteiger partial charge in [0.05, 0.1) is 7.11 Å². The normalized spacial score (nSPS) is 10.3. The highest BCUT2D eigenvalue weighted by Crippen LogP contribution is 2.28. The Morgan fingerprint density at radius 1 is 1.12 bits per heavy atom. The lowest BCUT2D eigenvalue weighted by Crippen LogP contribution is -2.22. The van der Waals surface area contributed by atoms with Gasteiger partial charge >= 0.3 is 0 Å². The first-order chi connectivity index (χ1) is 12.6. The van der Waals surface area contributed by atoms with Crippen LogP contribution in [0.3, 0.4) is 0 Å². The average Bonchev–Trinajstić information content (AvgIpc) is 2.67. The van der Waals surface area contributed by atoms with Crippen LogP contribution in [0.25, 0.3) is 0 Å². The summed E-state index contributed by atoms with van der Waals surface area (Å²) in [5, 5.41) is 3.00. The van der Waals surface area contributed by atoms with Gasteiger partial charge in [-0.2, -0.15) is 0 Å². The van der Waals surface area contributed by atoms with Crippen LogP contribution >= 0.6 is 0 Å². The number of carbonyl (C=O) groups excluding carboxylic acids is 1. The van der Waals surface area contributed by atoms with Gasteiger partial charge in [0.15, 0.2) is 18.1 Å². The van der Waals surface area contributed by atoms with Crippen LogP contribution in [0.1, 0.15) is 30.5 Å². The maximum atomic E-state index is 12.4. The lowest BCUT2D eigenvalue weighted by atomic mass is 10.0. The first-order valence-corrected chi connectivity index (χ1v) is 8.94. The van der Waals surface area contributed by atoms with Gasteiger partial charge in [-0.3, -0.25) is 4.79 Å². The number of hydrogen-bond donors (Lipinski definition) is 1. The summed E-state index contributed by atoms with van der Waals surface area (Å²) in [5.41, 5.74) is 4.24. The van der Waals surface area contributed by atoms with Crippen molar-refractivity contribution in [2.45, 2.75) is 33.1 Å². The zero-order valence-corrected chi connectivity index (χ0v) is 15.8. The minimum absolute atomic E-state index is 0.0711. The predicted octanol–water partition coefficient (Wildman–Crippen LogP) is 4.57. The number of amides is 1. The van der Waals surface area contributed by atoms with E-state index in [-0.39, 0.29) is 12.5 Å². The van der Waals surface area contributed by atoms with Crippen LogP contribution in [0.4, 0.5) is 5.69 Å². The molecule has 0 atom stereocenters. The van der Waals surface area contributed by atoms with Gasteiger partial charge in [-0.1, -0.05) is 44.2 Å². The van der Waals surface area contributed by atoms with E-state index in [1.165, 1.54) is 0 Å². The number of para-hydroxylation sites is 1. The lowest BCUT2D eigenvalue weighted by Gasteiger charge is -2.15. The largest absolute Gasteiger partial charge is 0.493 e. The number of aryl methyl sites for hydroxylation is 2. The number of ether oxygens (including phenoxy) is 2. The third-order valence-electron chi connectivity index (χ3n) is 4.23. The molecule has 0 aromatic heterocycles. The van der Waals surface area contributed by atoms with Crippen molar-refractivity contribution in [3.63, 3.8) is 0 Å². The fourth-order valence-corrected chi connectivity index (χ4v) is 2.85. The summed E-state index contributed by atoms with van der Waals surface area (Å²) in [4.78, 5) is 12.4. The molecule has 2 aromatic carbocycles. The van der Waals surface area contributed by atoms with Crippen molar-refractivity contribution in [1.82, 2.24) is 0 Å². The van der Waals surface area contributed by atoms with Gasteiger partial charge in [0.1, 0.15) is 0 Å². The van der Waals surface area contributed by atoms with E-state index in [0.29, 0.717) is 11.5 Å². The molecular formula is C22H27NO3. The summed E-state index contributed by atoms with van der Waals surface area (Å²) in [5.74, 6) is 0.980. The average molecular weight is 353 g/mol. The first kappa shape index (κ1) is 19.6. The number of hydrogen-bond acceptors (Lipinski definition) is 3. The molecule has 4 heteroatoms. The molecule has 1 N–H and O–H groups in total. The standard InChI is InChI=1S/C22H27NO3/c1-5-9-16-12-13-19(20(14-16)25-4)26-15-21(24)23-22-17(6-2)10-8-11-18(22)7-3/h5,8,10-14H,1,6-7,9,15H2,2-4H3,(H,23,24). The van der Waals surface area contributed by atoms with Crippen LogP contribution in [0.15, 0.2) is 49.1 Å². The number of nitrogens with one attached hydrogen (secondary N) is 1. The highest BCUT2D eigenvalue weighted by atomic mass is 16.5. The number of carbonyl (C=O) groups is 1. The Hall–Kier alpha value is -2.75. The Morgan fingerprint density at radius 3 is 2.38 bits per heavy atom. The summed E-state index contributed by atoms with van der Waals surface area (Å²) in [6, 6.07) is 11.8. The number of anilines is 1. The highest BCUT2D eigenvalue weighted by molar-refractivity contribution is 5.93. The SMILES string of the molecule is C=CCc1ccc(OCC(=O)Nc2c(CC)cccc2CC)c(OC)c1. The van der Waals surface area contributed by atoms with Crippen LogP contribution in [0.5, 0.6) is 11.5 Å². The Bertz CT molecular complexity index is 746. The Morgan fingerprint density at radius 2 is 1.81 bits per heavy atom. The van der Waals surface area contributed by atoms with E-state index in [2.05, 4.69) is 25.7 Å². The second-order valence-corrected chi connectivity index (χ2v) is 5.97. The molecule has 2 rings (SSSR count). The summed E-state index contributed by atoms with van der Waals surface area (Å²) < 4.78 is 11.0. The third-order valence-corrected chi connectivity index (χ3v) is 4.23. The summed E-state index contributed by atoms with van der Waals surface area (Å²) in [7, 11) is 1.59. The van der Waals surface area contributed by atoms with E-state index < -0.39 is 0 Å². The molecule has 0 saturated carbocycles. The molecule has 0 unspecified atom stereocenters. The smallest absolute Gasteiger partial charge is 0.262 e. The molecule has 0 aliphatic heterocycles. The Balaban J connectivity index is 2.07. The zero-order valence-electron chi connectivity index (χ0n) is 15.8. The van der Waals surface area contributed by atoms with Crippen molar-refractivity contribution in [2.75, 3.05) is 19.0 Å².